The van der Waals surface area contributed by atoms with E-state index in [0.29, 0.717) is 10.8 Å². The van der Waals surface area contributed by atoms with Crippen molar-refractivity contribution in [3.63, 3.8) is 0 Å². The van der Waals surface area contributed by atoms with E-state index < -0.39 is 11.8 Å². The molecular weight excluding hydrogens is 290 g/mol. The number of H-pyrrole nitrogens is 1. The second-order valence-electron chi connectivity index (χ2n) is 4.34. The highest BCUT2D eigenvalue weighted by Gasteiger charge is 2.15. The zero-order valence-corrected chi connectivity index (χ0v) is 11.8. The molecule has 7 nitrogen and oxygen atoms in total. The molecule has 0 aliphatic heterocycles. The van der Waals surface area contributed by atoms with Gasteiger partial charge in [-0.25, -0.2) is 9.97 Å². The molecule has 0 aliphatic rings. The van der Waals surface area contributed by atoms with Crippen molar-refractivity contribution in [3.8, 4) is 0 Å². The van der Waals surface area contributed by atoms with Crippen LogP contribution < -0.4 is 10.6 Å². The van der Waals surface area contributed by atoms with Crippen LogP contribution in [-0.4, -0.2) is 26.8 Å². The van der Waals surface area contributed by atoms with Gasteiger partial charge in [-0.2, -0.15) is 0 Å². The second kappa shape index (κ2) is 5.33. The molecule has 0 unspecified atom stereocenters. The quantitative estimate of drug-likeness (QED) is 0.629. The van der Waals surface area contributed by atoms with E-state index >= 15 is 0 Å². The summed E-state index contributed by atoms with van der Waals surface area (Å²) in [4.78, 5) is 34.7. The van der Waals surface area contributed by atoms with E-state index in [1.807, 2.05) is 6.92 Å². The zero-order chi connectivity index (χ0) is 14.8. The first kappa shape index (κ1) is 13.3. The Bertz CT molecular complexity index is 823. The summed E-state index contributed by atoms with van der Waals surface area (Å²) in [7, 11) is 0. The smallest absolute Gasteiger partial charge is 0.315 e. The molecule has 2 amide bonds. The number of nitrogens with one attached hydrogen (secondary N) is 3. The standard InChI is InChI=1S/C13H11N5O2S/c1-7-5-21-13(16-7)18-12(20)11(19)17-8-2-3-9-10(4-8)15-6-14-9/h2-6H,1H3,(H,14,15)(H,17,19)(H,16,18,20). The van der Waals surface area contributed by atoms with E-state index in [9.17, 15) is 9.59 Å². The number of anilines is 2. The summed E-state index contributed by atoms with van der Waals surface area (Å²) in [5, 5.41) is 7.17. The fourth-order valence-electron chi connectivity index (χ4n) is 1.77. The second-order valence-corrected chi connectivity index (χ2v) is 5.19. The average molecular weight is 301 g/mol. The minimum Gasteiger partial charge on any atom is -0.345 e. The lowest BCUT2D eigenvalue weighted by Crippen LogP contribution is -2.29. The number of rotatable bonds is 2. The third-order valence-electron chi connectivity index (χ3n) is 2.72. The molecule has 0 bridgehead atoms. The topological polar surface area (TPSA) is 99.8 Å². The molecule has 2 heterocycles. The van der Waals surface area contributed by atoms with Crippen LogP contribution >= 0.6 is 11.3 Å². The van der Waals surface area contributed by atoms with Gasteiger partial charge < -0.3 is 10.3 Å². The van der Waals surface area contributed by atoms with Crippen LogP contribution in [0.5, 0.6) is 0 Å². The van der Waals surface area contributed by atoms with Crippen LogP contribution in [0.1, 0.15) is 5.69 Å². The van der Waals surface area contributed by atoms with Gasteiger partial charge in [0.15, 0.2) is 5.13 Å². The van der Waals surface area contributed by atoms with Crippen molar-refractivity contribution in [1.82, 2.24) is 15.0 Å². The molecule has 3 rings (SSSR count). The Morgan fingerprint density at radius 2 is 2.05 bits per heavy atom. The number of thiazole rings is 1. The third kappa shape index (κ3) is 2.90. The number of imidazole rings is 1. The van der Waals surface area contributed by atoms with Crippen LogP contribution in [0, 0.1) is 6.92 Å². The number of fused-ring (bicyclic) bond motifs is 1. The number of aryl methyl sites for hydroxylation is 1. The van der Waals surface area contributed by atoms with Crippen molar-refractivity contribution in [3.05, 3.63) is 35.6 Å². The number of aromatic nitrogens is 3. The fourth-order valence-corrected chi connectivity index (χ4v) is 2.45. The first-order valence-corrected chi connectivity index (χ1v) is 6.97. The molecule has 0 spiro atoms. The number of benzene rings is 1. The number of carbonyl (C=O) groups is 2. The predicted octanol–water partition coefficient (Wildman–Crippen LogP) is 1.91. The van der Waals surface area contributed by atoms with Gasteiger partial charge in [0.25, 0.3) is 0 Å². The van der Waals surface area contributed by atoms with E-state index in [1.54, 1.807) is 29.9 Å². The summed E-state index contributed by atoms with van der Waals surface area (Å²) in [6, 6.07) is 5.15. The number of amides is 2. The van der Waals surface area contributed by atoms with Crippen molar-refractivity contribution in [1.29, 1.82) is 0 Å². The average Bonchev–Trinajstić information content (AvgIpc) is 3.07. The maximum Gasteiger partial charge on any atom is 0.315 e. The molecule has 0 atom stereocenters. The van der Waals surface area contributed by atoms with Crippen LogP contribution in [0.3, 0.4) is 0 Å². The van der Waals surface area contributed by atoms with E-state index in [4.69, 9.17) is 0 Å². The number of aromatic amines is 1. The molecule has 0 radical (unpaired) electrons. The van der Waals surface area contributed by atoms with Crippen molar-refractivity contribution in [2.45, 2.75) is 6.92 Å². The SMILES string of the molecule is Cc1csc(NC(=O)C(=O)Nc2ccc3nc[nH]c3c2)n1. The van der Waals surface area contributed by atoms with Crippen LogP contribution in [0.25, 0.3) is 11.0 Å². The largest absolute Gasteiger partial charge is 0.345 e. The molecule has 8 heteroatoms. The number of carbonyl (C=O) groups excluding carboxylic acids is 2. The lowest BCUT2D eigenvalue weighted by molar-refractivity contribution is -0.132. The van der Waals surface area contributed by atoms with Gasteiger partial charge in [-0.1, -0.05) is 0 Å². The van der Waals surface area contributed by atoms with Crippen molar-refractivity contribution in [2.24, 2.45) is 0 Å². The van der Waals surface area contributed by atoms with Gasteiger partial charge in [0.1, 0.15) is 0 Å². The summed E-state index contributed by atoms with van der Waals surface area (Å²) < 4.78 is 0. The first-order valence-electron chi connectivity index (χ1n) is 6.09. The van der Waals surface area contributed by atoms with Crippen molar-refractivity contribution in [2.75, 3.05) is 10.6 Å². The Morgan fingerprint density at radius 1 is 1.24 bits per heavy atom. The molecule has 2 aromatic heterocycles. The van der Waals surface area contributed by atoms with Gasteiger partial charge in [-0.15, -0.1) is 11.3 Å². The minimum atomic E-state index is -0.756. The van der Waals surface area contributed by atoms with E-state index in [1.165, 1.54) is 11.3 Å². The highest BCUT2D eigenvalue weighted by molar-refractivity contribution is 7.14. The van der Waals surface area contributed by atoms with Gasteiger partial charge in [0.05, 0.1) is 23.1 Å². The molecule has 3 N–H and O–H groups in total. The molecule has 106 valence electrons. The summed E-state index contributed by atoms with van der Waals surface area (Å²) in [6.45, 7) is 1.81. The minimum absolute atomic E-state index is 0.400. The van der Waals surface area contributed by atoms with Crippen LogP contribution in [0.2, 0.25) is 0 Å². The van der Waals surface area contributed by atoms with Gasteiger partial charge in [0.2, 0.25) is 0 Å². The summed E-state index contributed by atoms with van der Waals surface area (Å²) in [5.74, 6) is -1.50. The van der Waals surface area contributed by atoms with Crippen LogP contribution in [-0.2, 0) is 9.59 Å². The van der Waals surface area contributed by atoms with E-state index in [-0.39, 0.29) is 0 Å². The fraction of sp³-hybridized carbons (Fsp3) is 0.0769. The maximum atomic E-state index is 11.8. The van der Waals surface area contributed by atoms with Crippen molar-refractivity contribution < 1.29 is 9.59 Å². The molecule has 21 heavy (non-hydrogen) atoms. The Kier molecular flexibility index (Phi) is 3.36. The molecular formula is C13H11N5O2S. The van der Waals surface area contributed by atoms with Gasteiger partial charge >= 0.3 is 11.8 Å². The highest BCUT2D eigenvalue weighted by atomic mass is 32.1. The lowest BCUT2D eigenvalue weighted by atomic mass is 10.2. The molecule has 0 saturated carbocycles. The van der Waals surface area contributed by atoms with Gasteiger partial charge in [-0.3, -0.25) is 14.9 Å². The Morgan fingerprint density at radius 3 is 2.81 bits per heavy atom. The third-order valence-corrected chi connectivity index (χ3v) is 3.60. The summed E-state index contributed by atoms with van der Waals surface area (Å²) in [6.07, 6.45) is 1.56. The Balaban J connectivity index is 1.68. The number of hydrogen-bond acceptors (Lipinski definition) is 5. The zero-order valence-electron chi connectivity index (χ0n) is 11.0. The highest BCUT2D eigenvalue weighted by Crippen LogP contribution is 2.16. The summed E-state index contributed by atoms with van der Waals surface area (Å²) in [5.41, 5.74) is 2.88. The normalized spacial score (nSPS) is 10.5. The molecule has 3 aromatic rings. The number of nitrogens with zero attached hydrogens (tertiary/aromatic N) is 2. The van der Waals surface area contributed by atoms with Gasteiger partial charge in [0, 0.05) is 11.1 Å². The number of hydrogen-bond donors (Lipinski definition) is 3. The Hall–Kier alpha value is -2.74. The molecule has 0 saturated heterocycles. The molecule has 0 aliphatic carbocycles. The van der Waals surface area contributed by atoms with Gasteiger partial charge in [-0.05, 0) is 25.1 Å². The predicted molar refractivity (Wildman–Crippen MR) is 80.2 cm³/mol. The van der Waals surface area contributed by atoms with E-state index in [0.717, 1.165) is 16.7 Å². The monoisotopic (exact) mass is 301 g/mol. The van der Waals surface area contributed by atoms with Crippen molar-refractivity contribution >= 4 is 45.0 Å². The Labute approximate surface area is 123 Å². The van der Waals surface area contributed by atoms with Crippen LogP contribution in [0.15, 0.2) is 29.9 Å². The van der Waals surface area contributed by atoms with Crippen LogP contribution in [0.4, 0.5) is 10.8 Å². The molecule has 0 fully saturated rings. The maximum absolute atomic E-state index is 11.8. The van der Waals surface area contributed by atoms with E-state index in [2.05, 4.69) is 25.6 Å². The lowest BCUT2D eigenvalue weighted by Gasteiger charge is -2.04. The summed E-state index contributed by atoms with van der Waals surface area (Å²) >= 11 is 1.27. The first-order chi connectivity index (χ1) is 10.1. The molecule has 1 aromatic carbocycles.